The van der Waals surface area contributed by atoms with Crippen LogP contribution >= 0.6 is 0 Å². The van der Waals surface area contributed by atoms with Crippen molar-refractivity contribution in [2.45, 2.75) is 24.9 Å². The molecule has 92 valence electrons. The molecule has 1 aliphatic carbocycles. The number of methoxy groups -OCH3 is 2. The number of para-hydroxylation sites is 1. The molecule has 4 heteroatoms. The summed E-state index contributed by atoms with van der Waals surface area (Å²) in [6.45, 7) is 0.423. The SMILES string of the molecule is COCc1cccc(C2(C(=O)O)CC2)c1OC. The molecule has 0 spiro atoms. The first-order valence-corrected chi connectivity index (χ1v) is 5.54. The molecular weight excluding hydrogens is 220 g/mol. The second-order valence-electron chi connectivity index (χ2n) is 4.32. The normalized spacial score (nSPS) is 16.6. The zero-order valence-electron chi connectivity index (χ0n) is 10.0. The van der Waals surface area contributed by atoms with Crippen molar-refractivity contribution >= 4 is 5.97 Å². The van der Waals surface area contributed by atoms with E-state index in [-0.39, 0.29) is 0 Å². The highest BCUT2D eigenvalue weighted by molar-refractivity contribution is 5.86. The fraction of sp³-hybridized carbons (Fsp3) is 0.462. The molecule has 1 aromatic rings. The van der Waals surface area contributed by atoms with Crippen molar-refractivity contribution in [2.75, 3.05) is 14.2 Å². The van der Waals surface area contributed by atoms with E-state index in [9.17, 15) is 9.90 Å². The van der Waals surface area contributed by atoms with Crippen LogP contribution in [0.5, 0.6) is 5.75 Å². The van der Waals surface area contributed by atoms with Crippen LogP contribution in [0.2, 0.25) is 0 Å². The number of aliphatic carboxylic acids is 1. The molecule has 4 nitrogen and oxygen atoms in total. The molecule has 1 fully saturated rings. The lowest BCUT2D eigenvalue weighted by molar-refractivity contribution is -0.140. The molecular formula is C13H16O4. The number of hydrogen-bond acceptors (Lipinski definition) is 3. The fourth-order valence-electron chi connectivity index (χ4n) is 2.20. The Hall–Kier alpha value is -1.55. The summed E-state index contributed by atoms with van der Waals surface area (Å²) in [6.07, 6.45) is 1.35. The first-order valence-electron chi connectivity index (χ1n) is 5.54. The first-order chi connectivity index (χ1) is 8.15. The summed E-state index contributed by atoms with van der Waals surface area (Å²) in [5.41, 5.74) is 0.914. The van der Waals surface area contributed by atoms with Crippen LogP contribution in [0, 0.1) is 0 Å². The quantitative estimate of drug-likeness (QED) is 0.849. The Kier molecular flexibility index (Phi) is 3.07. The van der Waals surface area contributed by atoms with E-state index in [0.717, 1.165) is 11.1 Å². The molecule has 0 radical (unpaired) electrons. The maximum Gasteiger partial charge on any atom is 0.314 e. The largest absolute Gasteiger partial charge is 0.496 e. The maximum atomic E-state index is 11.3. The van der Waals surface area contributed by atoms with Crippen molar-refractivity contribution in [2.24, 2.45) is 0 Å². The van der Waals surface area contributed by atoms with E-state index in [1.807, 2.05) is 18.2 Å². The molecule has 0 aliphatic heterocycles. The van der Waals surface area contributed by atoms with Crippen LogP contribution in [-0.2, 0) is 21.6 Å². The summed E-state index contributed by atoms with van der Waals surface area (Å²) in [6, 6.07) is 5.58. The molecule has 0 saturated heterocycles. The van der Waals surface area contributed by atoms with Gasteiger partial charge < -0.3 is 14.6 Å². The Bertz CT molecular complexity index is 435. The van der Waals surface area contributed by atoms with E-state index >= 15 is 0 Å². The second-order valence-corrected chi connectivity index (χ2v) is 4.32. The van der Waals surface area contributed by atoms with Crippen molar-refractivity contribution in [3.63, 3.8) is 0 Å². The number of carbonyl (C=O) groups is 1. The third kappa shape index (κ3) is 1.89. The molecule has 0 aromatic heterocycles. The topological polar surface area (TPSA) is 55.8 Å². The minimum Gasteiger partial charge on any atom is -0.496 e. The van der Waals surface area contributed by atoms with Gasteiger partial charge in [-0.25, -0.2) is 0 Å². The lowest BCUT2D eigenvalue weighted by Crippen LogP contribution is -2.20. The van der Waals surface area contributed by atoms with Gasteiger partial charge in [0, 0.05) is 18.2 Å². The highest BCUT2D eigenvalue weighted by Gasteiger charge is 2.53. The van der Waals surface area contributed by atoms with Gasteiger partial charge >= 0.3 is 5.97 Å². The molecule has 2 rings (SSSR count). The van der Waals surface area contributed by atoms with Crippen LogP contribution in [0.3, 0.4) is 0 Å². The van der Waals surface area contributed by atoms with Gasteiger partial charge in [0.05, 0.1) is 19.1 Å². The van der Waals surface area contributed by atoms with Crippen LogP contribution in [0.25, 0.3) is 0 Å². The number of carboxylic acids is 1. The predicted molar refractivity (Wildman–Crippen MR) is 62.3 cm³/mol. The third-order valence-electron chi connectivity index (χ3n) is 3.28. The summed E-state index contributed by atoms with van der Waals surface area (Å²) in [4.78, 5) is 11.3. The highest BCUT2D eigenvalue weighted by atomic mass is 16.5. The number of benzene rings is 1. The van der Waals surface area contributed by atoms with Crippen LogP contribution < -0.4 is 4.74 Å². The van der Waals surface area contributed by atoms with Gasteiger partial charge in [0.1, 0.15) is 5.75 Å². The predicted octanol–water partition coefficient (Wildman–Crippen LogP) is 1.96. The van der Waals surface area contributed by atoms with Crippen molar-refractivity contribution in [1.82, 2.24) is 0 Å². The zero-order chi connectivity index (χ0) is 12.5. The molecule has 0 unspecified atom stereocenters. The van der Waals surface area contributed by atoms with Crippen molar-refractivity contribution in [1.29, 1.82) is 0 Å². The summed E-state index contributed by atoms with van der Waals surface area (Å²) in [5, 5.41) is 9.31. The van der Waals surface area contributed by atoms with Gasteiger partial charge in [0.15, 0.2) is 0 Å². The molecule has 0 bridgehead atoms. The van der Waals surface area contributed by atoms with Gasteiger partial charge in [-0.05, 0) is 12.8 Å². The van der Waals surface area contributed by atoms with E-state index in [4.69, 9.17) is 9.47 Å². The Morgan fingerprint density at radius 1 is 1.41 bits per heavy atom. The van der Waals surface area contributed by atoms with Gasteiger partial charge in [0.2, 0.25) is 0 Å². The van der Waals surface area contributed by atoms with Crippen LogP contribution in [0.4, 0.5) is 0 Å². The zero-order valence-corrected chi connectivity index (χ0v) is 10.0. The molecule has 1 N–H and O–H groups in total. The van der Waals surface area contributed by atoms with E-state index in [1.54, 1.807) is 14.2 Å². The van der Waals surface area contributed by atoms with Crippen molar-refractivity contribution in [3.8, 4) is 5.75 Å². The standard InChI is InChI=1S/C13H16O4/c1-16-8-9-4-3-5-10(11(9)17-2)13(6-7-13)12(14)15/h3-5H,6-8H2,1-2H3,(H,14,15). The third-order valence-corrected chi connectivity index (χ3v) is 3.28. The first kappa shape index (κ1) is 11.9. The number of ether oxygens (including phenoxy) is 2. The van der Waals surface area contributed by atoms with Crippen LogP contribution in [0.1, 0.15) is 24.0 Å². The molecule has 17 heavy (non-hydrogen) atoms. The number of carboxylic acid groups (broad SMARTS) is 1. The summed E-state index contributed by atoms with van der Waals surface area (Å²) < 4.78 is 10.5. The minimum absolute atomic E-state index is 0.423. The monoisotopic (exact) mass is 236 g/mol. The van der Waals surface area contributed by atoms with E-state index in [2.05, 4.69) is 0 Å². The summed E-state index contributed by atoms with van der Waals surface area (Å²) >= 11 is 0. The number of hydrogen-bond donors (Lipinski definition) is 1. The fourth-order valence-corrected chi connectivity index (χ4v) is 2.20. The lowest BCUT2D eigenvalue weighted by Gasteiger charge is -2.17. The van der Waals surface area contributed by atoms with E-state index in [0.29, 0.717) is 25.2 Å². The van der Waals surface area contributed by atoms with Gasteiger partial charge in [0.25, 0.3) is 0 Å². The van der Waals surface area contributed by atoms with Crippen molar-refractivity contribution < 1.29 is 19.4 Å². The Morgan fingerprint density at radius 2 is 2.12 bits per heavy atom. The van der Waals surface area contributed by atoms with Gasteiger partial charge in [-0.3, -0.25) is 4.79 Å². The number of rotatable bonds is 5. The summed E-state index contributed by atoms with van der Waals surface area (Å²) in [7, 11) is 3.17. The highest BCUT2D eigenvalue weighted by Crippen LogP contribution is 2.52. The average Bonchev–Trinajstić information content (AvgIpc) is 3.10. The van der Waals surface area contributed by atoms with Crippen LogP contribution in [0.15, 0.2) is 18.2 Å². The molecule has 0 atom stereocenters. The second kappa shape index (κ2) is 4.37. The molecule has 0 heterocycles. The van der Waals surface area contributed by atoms with Crippen molar-refractivity contribution in [3.05, 3.63) is 29.3 Å². The molecule has 1 saturated carbocycles. The summed E-state index contributed by atoms with van der Waals surface area (Å²) in [5.74, 6) is -0.125. The molecule has 1 aliphatic rings. The molecule has 1 aromatic carbocycles. The average molecular weight is 236 g/mol. The van der Waals surface area contributed by atoms with Gasteiger partial charge in [-0.15, -0.1) is 0 Å². The van der Waals surface area contributed by atoms with E-state index in [1.165, 1.54) is 0 Å². The Labute approximate surface area is 100 Å². The Morgan fingerprint density at radius 3 is 2.59 bits per heavy atom. The minimum atomic E-state index is -0.773. The molecule has 0 amide bonds. The lowest BCUT2D eigenvalue weighted by atomic mass is 9.93. The van der Waals surface area contributed by atoms with Crippen LogP contribution in [-0.4, -0.2) is 25.3 Å². The maximum absolute atomic E-state index is 11.3. The Balaban J connectivity index is 2.47. The van der Waals surface area contributed by atoms with E-state index < -0.39 is 11.4 Å². The smallest absolute Gasteiger partial charge is 0.314 e. The van der Waals surface area contributed by atoms with Gasteiger partial charge in [-0.2, -0.15) is 0 Å². The van der Waals surface area contributed by atoms with Gasteiger partial charge in [-0.1, -0.05) is 18.2 Å².